The fraction of sp³-hybridized carbons (Fsp3) is 0.733. The van der Waals surface area contributed by atoms with Crippen LogP contribution in [-0.2, 0) is 0 Å². The predicted molar refractivity (Wildman–Crippen MR) is 73.5 cm³/mol. The van der Waals surface area contributed by atoms with Crippen LogP contribution >= 0.6 is 0 Å². The molecule has 0 unspecified atom stereocenters. The Kier molecular flexibility index (Phi) is 3.02. The van der Waals surface area contributed by atoms with Gasteiger partial charge < -0.3 is 15.2 Å². The van der Waals surface area contributed by atoms with E-state index in [0.29, 0.717) is 23.7 Å². The minimum absolute atomic E-state index is 0.0781. The summed E-state index contributed by atoms with van der Waals surface area (Å²) in [6, 6.07) is 3.24. The summed E-state index contributed by atoms with van der Waals surface area (Å²) in [7, 11) is 0. The number of carbonyl (C=O) groups is 1. The first-order valence-electron chi connectivity index (χ1n) is 7.81. The minimum atomic E-state index is -0.0781. The van der Waals surface area contributed by atoms with E-state index in [2.05, 4.69) is 15.8 Å². The number of hydrogen-bond donors (Lipinski definition) is 2. The first-order valence-corrected chi connectivity index (χ1v) is 7.81. The van der Waals surface area contributed by atoms with Crippen molar-refractivity contribution in [3.8, 4) is 0 Å². The summed E-state index contributed by atoms with van der Waals surface area (Å²) in [4.78, 5) is 12.2. The number of nitrogens with one attached hydrogen (secondary N) is 2. The lowest BCUT2D eigenvalue weighted by atomic mass is 9.84. The van der Waals surface area contributed by atoms with Crippen molar-refractivity contribution in [1.82, 2.24) is 15.8 Å². The summed E-state index contributed by atoms with van der Waals surface area (Å²) in [5.41, 5.74) is 0.440. The zero-order valence-electron chi connectivity index (χ0n) is 11.6. The van der Waals surface area contributed by atoms with Crippen LogP contribution in [0.25, 0.3) is 0 Å². The van der Waals surface area contributed by atoms with Crippen molar-refractivity contribution in [1.29, 1.82) is 0 Å². The molecule has 2 N–H and O–H groups in total. The van der Waals surface area contributed by atoms with Crippen LogP contribution in [0.5, 0.6) is 0 Å². The molecule has 2 bridgehead atoms. The maximum absolute atomic E-state index is 12.2. The second-order valence-electron chi connectivity index (χ2n) is 6.52. The molecule has 3 atom stereocenters. The highest BCUT2D eigenvalue weighted by Gasteiger charge is 2.33. The van der Waals surface area contributed by atoms with E-state index in [0.717, 1.165) is 31.4 Å². The fourth-order valence-electron chi connectivity index (χ4n) is 3.60. The highest BCUT2D eigenvalue weighted by atomic mass is 16.5. The molecule has 2 saturated heterocycles. The largest absolute Gasteiger partial charge is 0.360 e. The van der Waals surface area contributed by atoms with Gasteiger partial charge in [-0.05, 0) is 38.5 Å². The summed E-state index contributed by atoms with van der Waals surface area (Å²) in [5, 5.41) is 10.7. The third-order valence-corrected chi connectivity index (χ3v) is 4.79. The lowest BCUT2D eigenvalue weighted by Gasteiger charge is -2.40. The average molecular weight is 275 g/mol. The quantitative estimate of drug-likeness (QED) is 0.885. The standard InChI is InChI=1S/C15H21N3O2/c19-15(13-8-14(20-18-13)9-4-5-9)17-12-6-10-2-1-3-11(7-12)16-10/h8-12,16H,1-7H2,(H,17,19)/t10-,11+,12+. The number of rotatable bonds is 3. The Morgan fingerprint density at radius 1 is 1.25 bits per heavy atom. The Morgan fingerprint density at radius 2 is 2.00 bits per heavy atom. The van der Waals surface area contributed by atoms with E-state index in [-0.39, 0.29) is 11.9 Å². The minimum Gasteiger partial charge on any atom is -0.360 e. The van der Waals surface area contributed by atoms with Crippen molar-refractivity contribution in [2.45, 2.75) is 69.0 Å². The summed E-state index contributed by atoms with van der Waals surface area (Å²) < 4.78 is 5.25. The smallest absolute Gasteiger partial charge is 0.273 e. The Morgan fingerprint density at radius 3 is 2.70 bits per heavy atom. The number of hydrogen-bond acceptors (Lipinski definition) is 4. The molecule has 1 aromatic heterocycles. The Labute approximate surface area is 118 Å². The van der Waals surface area contributed by atoms with Crippen LogP contribution in [0.15, 0.2) is 10.6 Å². The van der Waals surface area contributed by atoms with Gasteiger partial charge in [0.1, 0.15) is 5.76 Å². The molecule has 20 heavy (non-hydrogen) atoms. The molecule has 0 aromatic carbocycles. The van der Waals surface area contributed by atoms with Crippen molar-refractivity contribution in [3.05, 3.63) is 17.5 Å². The number of carbonyl (C=O) groups excluding carboxylic acids is 1. The van der Waals surface area contributed by atoms with Crippen molar-refractivity contribution >= 4 is 5.91 Å². The van der Waals surface area contributed by atoms with Crippen LogP contribution in [0.3, 0.4) is 0 Å². The van der Waals surface area contributed by atoms with Crippen LogP contribution in [-0.4, -0.2) is 29.2 Å². The van der Waals surface area contributed by atoms with Gasteiger partial charge in [-0.3, -0.25) is 4.79 Å². The molecule has 1 amide bonds. The molecule has 3 aliphatic rings. The van der Waals surface area contributed by atoms with Crippen LogP contribution in [0, 0.1) is 0 Å². The molecule has 1 aromatic rings. The Balaban J connectivity index is 1.38. The number of nitrogens with zero attached hydrogens (tertiary/aromatic N) is 1. The number of fused-ring (bicyclic) bond motifs is 2. The molecular weight excluding hydrogens is 254 g/mol. The summed E-state index contributed by atoms with van der Waals surface area (Å²) >= 11 is 0. The van der Waals surface area contributed by atoms with Gasteiger partial charge in [0, 0.05) is 30.1 Å². The average Bonchev–Trinajstić information content (AvgIpc) is 3.16. The topological polar surface area (TPSA) is 67.2 Å². The van der Waals surface area contributed by atoms with Gasteiger partial charge in [0.15, 0.2) is 5.69 Å². The van der Waals surface area contributed by atoms with E-state index in [1.807, 2.05) is 6.07 Å². The first-order chi connectivity index (χ1) is 9.78. The van der Waals surface area contributed by atoms with Gasteiger partial charge in [-0.2, -0.15) is 0 Å². The summed E-state index contributed by atoms with van der Waals surface area (Å²) in [6.07, 6.45) is 8.18. The van der Waals surface area contributed by atoms with Crippen LogP contribution in [0.1, 0.15) is 67.1 Å². The van der Waals surface area contributed by atoms with Crippen molar-refractivity contribution < 1.29 is 9.32 Å². The number of amides is 1. The Hall–Kier alpha value is -1.36. The first kappa shape index (κ1) is 12.4. The maximum atomic E-state index is 12.2. The van der Waals surface area contributed by atoms with E-state index >= 15 is 0 Å². The number of piperidine rings is 2. The van der Waals surface area contributed by atoms with Gasteiger partial charge in [0.25, 0.3) is 5.91 Å². The molecule has 1 saturated carbocycles. The van der Waals surface area contributed by atoms with Crippen molar-refractivity contribution in [2.75, 3.05) is 0 Å². The second-order valence-corrected chi connectivity index (χ2v) is 6.52. The second kappa shape index (κ2) is 4.88. The molecule has 5 heteroatoms. The van der Waals surface area contributed by atoms with E-state index < -0.39 is 0 Å². The Bertz CT molecular complexity index is 497. The van der Waals surface area contributed by atoms with Crippen LogP contribution < -0.4 is 10.6 Å². The lowest BCUT2D eigenvalue weighted by molar-refractivity contribution is 0.0898. The highest BCUT2D eigenvalue weighted by Crippen LogP contribution is 2.40. The monoisotopic (exact) mass is 275 g/mol. The highest BCUT2D eigenvalue weighted by molar-refractivity contribution is 5.92. The molecule has 2 aliphatic heterocycles. The third-order valence-electron chi connectivity index (χ3n) is 4.79. The van der Waals surface area contributed by atoms with Crippen molar-refractivity contribution in [2.24, 2.45) is 0 Å². The van der Waals surface area contributed by atoms with E-state index in [4.69, 9.17) is 4.52 Å². The van der Waals surface area contributed by atoms with Crippen molar-refractivity contribution in [3.63, 3.8) is 0 Å². The van der Waals surface area contributed by atoms with Crippen LogP contribution in [0.2, 0.25) is 0 Å². The molecular formula is C15H21N3O2. The SMILES string of the molecule is O=C(N[C@H]1C[C@H]2CCC[C@@H](C1)N2)c1cc(C2CC2)on1. The molecule has 108 valence electrons. The van der Waals surface area contributed by atoms with E-state index in [1.54, 1.807) is 0 Å². The number of aromatic nitrogens is 1. The van der Waals surface area contributed by atoms with Gasteiger partial charge in [-0.25, -0.2) is 0 Å². The predicted octanol–water partition coefficient (Wildman–Crippen LogP) is 1.95. The van der Waals surface area contributed by atoms with Gasteiger partial charge in [0.05, 0.1) is 0 Å². The molecule has 1 aliphatic carbocycles. The zero-order chi connectivity index (χ0) is 13.5. The summed E-state index contributed by atoms with van der Waals surface area (Å²) in [6.45, 7) is 0. The van der Waals surface area contributed by atoms with E-state index in [1.165, 1.54) is 19.3 Å². The molecule has 5 nitrogen and oxygen atoms in total. The molecule has 0 spiro atoms. The van der Waals surface area contributed by atoms with Gasteiger partial charge in [0.2, 0.25) is 0 Å². The normalized spacial score (nSPS) is 32.9. The van der Waals surface area contributed by atoms with Gasteiger partial charge in [-0.1, -0.05) is 11.6 Å². The molecule has 4 rings (SSSR count). The third kappa shape index (κ3) is 2.46. The lowest BCUT2D eigenvalue weighted by Crippen LogP contribution is -2.54. The molecule has 0 radical (unpaired) electrons. The maximum Gasteiger partial charge on any atom is 0.273 e. The van der Waals surface area contributed by atoms with E-state index in [9.17, 15) is 4.79 Å². The zero-order valence-corrected chi connectivity index (χ0v) is 11.6. The van der Waals surface area contributed by atoms with Crippen LogP contribution in [0.4, 0.5) is 0 Å². The van der Waals surface area contributed by atoms with Gasteiger partial charge in [-0.15, -0.1) is 0 Å². The molecule has 3 heterocycles. The fourth-order valence-corrected chi connectivity index (χ4v) is 3.60. The molecule has 3 fully saturated rings. The summed E-state index contributed by atoms with van der Waals surface area (Å²) in [5.74, 6) is 1.30. The van der Waals surface area contributed by atoms with Gasteiger partial charge >= 0.3 is 0 Å².